The number of hydrogen-bond acceptors (Lipinski definition) is 0. The van der Waals surface area contributed by atoms with Crippen molar-refractivity contribution in [3.05, 3.63) is 0 Å². The van der Waals surface area contributed by atoms with Crippen LogP contribution in [0.2, 0.25) is 0 Å². The molecule has 1 atom stereocenters. The van der Waals surface area contributed by atoms with E-state index in [2.05, 4.69) is 27.7 Å². The summed E-state index contributed by atoms with van der Waals surface area (Å²) in [6.45, 7) is 8.98. The van der Waals surface area contributed by atoms with E-state index >= 15 is 0 Å². The number of rotatable bonds is 17. The van der Waals surface area contributed by atoms with Crippen molar-refractivity contribution in [1.29, 1.82) is 0 Å². The average molecular weight is 326 g/mol. The van der Waals surface area contributed by atoms with Crippen LogP contribution >= 0.6 is 0 Å². The van der Waals surface area contributed by atoms with Gasteiger partial charge in [-0.1, -0.05) is 111 Å². The summed E-state index contributed by atoms with van der Waals surface area (Å²) >= 11 is 0. The van der Waals surface area contributed by atoms with Gasteiger partial charge in [-0.2, -0.15) is 0 Å². The summed E-state index contributed by atoms with van der Waals surface area (Å²) in [6.07, 6.45) is 19.9. The van der Waals surface area contributed by atoms with Gasteiger partial charge in [0.15, 0.2) is 0 Å². The van der Waals surface area contributed by atoms with Gasteiger partial charge in [-0.3, -0.25) is 0 Å². The molecule has 0 saturated heterocycles. The molecule has 0 aliphatic rings. The van der Waals surface area contributed by atoms with Gasteiger partial charge in [0.25, 0.3) is 0 Å². The molecule has 1 nitrogen and oxygen atoms in total. The van der Waals surface area contributed by atoms with Gasteiger partial charge < -0.3 is 0 Å². The molecule has 0 aromatic rings. The lowest BCUT2D eigenvalue weighted by Crippen LogP contribution is -2.31. The number of hydrogen-bond donors (Lipinski definition) is 0. The topological polar surface area (TPSA) is 19.9 Å². The number of unbranched alkanes of at least 4 members (excludes halogenated alkanes) is 10. The van der Waals surface area contributed by atoms with Gasteiger partial charge in [0.05, 0.1) is 6.10 Å². The third kappa shape index (κ3) is 12.0. The van der Waals surface area contributed by atoms with Crippen LogP contribution in [0.15, 0.2) is 0 Å². The fourth-order valence-corrected chi connectivity index (χ4v) is 3.68. The molecule has 0 bridgehead atoms. The highest BCUT2D eigenvalue weighted by molar-refractivity contribution is 4.82. The molecule has 0 rings (SSSR count). The van der Waals surface area contributed by atoms with E-state index < -0.39 is 0 Å². The Hall–Kier alpha value is -0.0400. The molecule has 0 aromatic heterocycles. The summed E-state index contributed by atoms with van der Waals surface area (Å²) in [7, 11) is 0. The molecule has 1 unspecified atom stereocenters. The summed E-state index contributed by atoms with van der Waals surface area (Å²) in [6, 6.07) is 0. The molecule has 0 saturated carbocycles. The molecule has 0 spiro atoms. The van der Waals surface area contributed by atoms with Gasteiger partial charge in [-0.05, 0) is 24.7 Å². The monoisotopic (exact) mass is 325 g/mol. The largest absolute Gasteiger partial charge is 0.233 e. The van der Waals surface area contributed by atoms with E-state index in [0.717, 1.165) is 25.7 Å². The van der Waals surface area contributed by atoms with Crippen LogP contribution < -0.4 is 0 Å². The maximum atomic E-state index is 12.7. The normalized spacial score (nSPS) is 13.4. The molecule has 23 heavy (non-hydrogen) atoms. The minimum absolute atomic E-state index is 0.0471. The quantitative estimate of drug-likeness (QED) is 0.241. The second-order valence-electron chi connectivity index (χ2n) is 7.97. The van der Waals surface area contributed by atoms with Gasteiger partial charge in [-0.15, -0.1) is 0 Å². The lowest BCUT2D eigenvalue weighted by molar-refractivity contribution is -0.0369. The molecule has 0 aliphatic carbocycles. The summed E-state index contributed by atoms with van der Waals surface area (Å²) in [5.74, 6) is 0. The Bertz CT molecular complexity index is 220. The van der Waals surface area contributed by atoms with Crippen molar-refractivity contribution in [3.8, 4) is 0 Å². The Balaban J connectivity index is 4.08. The first kappa shape index (κ1) is 23.0. The summed E-state index contributed by atoms with van der Waals surface area (Å²) < 4.78 is 0. The van der Waals surface area contributed by atoms with Crippen LogP contribution in [-0.2, 0) is 5.11 Å². The molecule has 0 fully saturated rings. The van der Waals surface area contributed by atoms with Gasteiger partial charge in [0, 0.05) is 0 Å². The first-order valence-electron chi connectivity index (χ1n) is 10.8. The predicted octanol–water partition coefficient (Wildman–Crippen LogP) is 8.09. The van der Waals surface area contributed by atoms with Gasteiger partial charge in [0.1, 0.15) is 0 Å². The van der Waals surface area contributed by atoms with Crippen LogP contribution in [0.1, 0.15) is 130 Å². The Kier molecular flexibility index (Phi) is 15.5. The maximum absolute atomic E-state index is 12.7. The van der Waals surface area contributed by atoms with E-state index in [1.807, 2.05) is 0 Å². The van der Waals surface area contributed by atoms with E-state index in [4.69, 9.17) is 0 Å². The molecule has 0 N–H and O–H groups in total. The second-order valence-corrected chi connectivity index (χ2v) is 7.97. The lowest BCUT2D eigenvalue weighted by atomic mass is 9.74. The zero-order valence-electron chi connectivity index (χ0n) is 16.8. The summed E-state index contributed by atoms with van der Waals surface area (Å²) in [5, 5.41) is 12.7. The van der Waals surface area contributed by atoms with E-state index in [1.165, 1.54) is 77.0 Å². The minimum Gasteiger partial charge on any atom is -0.233 e. The predicted molar refractivity (Wildman–Crippen MR) is 103 cm³/mol. The molecule has 0 amide bonds. The molecule has 139 valence electrons. The van der Waals surface area contributed by atoms with Crippen molar-refractivity contribution in [1.82, 2.24) is 0 Å². The fraction of sp³-hybridized carbons (Fsp3) is 1.00. The van der Waals surface area contributed by atoms with Crippen molar-refractivity contribution in [2.75, 3.05) is 0 Å². The van der Waals surface area contributed by atoms with E-state index in [1.54, 1.807) is 0 Å². The minimum atomic E-state index is -0.348. The maximum Gasteiger partial charge on any atom is 0.0983 e. The standard InChI is InChI=1S/C22H45O/c1-5-8-10-12-14-16-19-22(4,21(23)18-7-3)20-17-15-13-11-9-6-2/h21H,5-20H2,1-4H3. The highest BCUT2D eigenvalue weighted by Gasteiger charge is 2.32. The Morgan fingerprint density at radius 3 is 1.39 bits per heavy atom. The molecular weight excluding hydrogens is 280 g/mol. The van der Waals surface area contributed by atoms with Crippen LogP contribution in [0.5, 0.6) is 0 Å². The van der Waals surface area contributed by atoms with Crippen LogP contribution in [0.25, 0.3) is 0 Å². The highest BCUT2D eigenvalue weighted by atomic mass is 16.3. The first-order chi connectivity index (χ1) is 11.1. The smallest absolute Gasteiger partial charge is 0.0983 e. The van der Waals surface area contributed by atoms with Crippen molar-refractivity contribution >= 4 is 0 Å². The summed E-state index contributed by atoms with van der Waals surface area (Å²) in [4.78, 5) is 0. The molecule has 0 heterocycles. The molecule has 0 aliphatic heterocycles. The lowest BCUT2D eigenvalue weighted by Gasteiger charge is -2.33. The third-order valence-corrected chi connectivity index (χ3v) is 5.53. The zero-order chi connectivity index (χ0) is 17.4. The first-order valence-corrected chi connectivity index (χ1v) is 10.8. The molecule has 1 heteroatoms. The highest BCUT2D eigenvalue weighted by Crippen LogP contribution is 2.37. The Morgan fingerprint density at radius 2 is 1.00 bits per heavy atom. The van der Waals surface area contributed by atoms with Gasteiger partial charge in [0.2, 0.25) is 0 Å². The van der Waals surface area contributed by atoms with E-state index in [-0.39, 0.29) is 11.5 Å². The van der Waals surface area contributed by atoms with Crippen LogP contribution in [0, 0.1) is 5.41 Å². The van der Waals surface area contributed by atoms with Crippen molar-refractivity contribution in [2.24, 2.45) is 5.41 Å². The van der Waals surface area contributed by atoms with E-state index in [0.29, 0.717) is 0 Å². The van der Waals surface area contributed by atoms with Crippen molar-refractivity contribution < 1.29 is 5.11 Å². The van der Waals surface area contributed by atoms with Crippen molar-refractivity contribution in [2.45, 2.75) is 137 Å². The molecular formula is C22H45O. The van der Waals surface area contributed by atoms with Gasteiger partial charge >= 0.3 is 0 Å². The Morgan fingerprint density at radius 1 is 0.609 bits per heavy atom. The molecule has 1 radical (unpaired) electrons. The van der Waals surface area contributed by atoms with Crippen molar-refractivity contribution in [3.63, 3.8) is 0 Å². The fourth-order valence-electron chi connectivity index (χ4n) is 3.68. The van der Waals surface area contributed by atoms with Crippen LogP contribution in [-0.4, -0.2) is 6.10 Å². The Labute approximate surface area is 147 Å². The van der Waals surface area contributed by atoms with Crippen LogP contribution in [0.3, 0.4) is 0 Å². The van der Waals surface area contributed by atoms with E-state index in [9.17, 15) is 5.11 Å². The molecule has 0 aromatic carbocycles. The average Bonchev–Trinajstić information content (AvgIpc) is 2.54. The van der Waals surface area contributed by atoms with Crippen LogP contribution in [0.4, 0.5) is 0 Å². The SMILES string of the molecule is CCCCCCCCC(C)(CCCCCCCC)C([O])CCC. The second kappa shape index (κ2) is 15.5. The zero-order valence-corrected chi connectivity index (χ0v) is 16.8. The third-order valence-electron chi connectivity index (χ3n) is 5.53. The summed E-state index contributed by atoms with van der Waals surface area (Å²) in [5.41, 5.74) is 0.0471. The van der Waals surface area contributed by atoms with Gasteiger partial charge in [-0.25, -0.2) is 5.11 Å².